The van der Waals surface area contributed by atoms with Crippen LogP contribution in [0.2, 0.25) is 0 Å². The van der Waals surface area contributed by atoms with Gasteiger partial charge in [-0.15, -0.1) is 0 Å². The van der Waals surface area contributed by atoms with Crippen LogP contribution in [0.5, 0.6) is 0 Å². The van der Waals surface area contributed by atoms with E-state index in [1.165, 1.54) is 11.0 Å². The maximum Gasteiger partial charge on any atom is 0.261 e. The predicted molar refractivity (Wildman–Crippen MR) is 125 cm³/mol. The topological polar surface area (TPSA) is 86.8 Å². The van der Waals surface area contributed by atoms with Gasteiger partial charge < -0.3 is 10.2 Å². The average molecular weight is 448 g/mol. The van der Waals surface area contributed by atoms with Crippen molar-refractivity contribution in [2.24, 2.45) is 0 Å². The van der Waals surface area contributed by atoms with Crippen LogP contribution in [-0.4, -0.2) is 52.6 Å². The lowest BCUT2D eigenvalue weighted by Gasteiger charge is -2.29. The van der Waals surface area contributed by atoms with Crippen molar-refractivity contribution < 1.29 is 19.2 Å². The van der Waals surface area contributed by atoms with Crippen LogP contribution >= 0.6 is 0 Å². The van der Waals surface area contributed by atoms with Crippen molar-refractivity contribution in [3.05, 3.63) is 64.7 Å². The molecule has 0 saturated heterocycles. The smallest absolute Gasteiger partial charge is 0.261 e. The summed E-state index contributed by atoms with van der Waals surface area (Å²) in [4.78, 5) is 54.5. The zero-order valence-electron chi connectivity index (χ0n) is 19.1. The summed E-state index contributed by atoms with van der Waals surface area (Å²) in [5.74, 6) is -1.08. The minimum atomic E-state index is -0.401. The zero-order chi connectivity index (χ0) is 23.5. The van der Waals surface area contributed by atoms with Gasteiger partial charge in [-0.3, -0.25) is 24.1 Å². The van der Waals surface area contributed by atoms with Gasteiger partial charge in [0.25, 0.3) is 23.6 Å². The molecule has 1 aliphatic heterocycles. The van der Waals surface area contributed by atoms with Crippen LogP contribution in [0.3, 0.4) is 0 Å². The van der Waals surface area contributed by atoms with Gasteiger partial charge >= 0.3 is 0 Å². The number of fused-ring (bicyclic) bond motifs is 1. The minimum absolute atomic E-state index is 0.0606. The van der Waals surface area contributed by atoms with E-state index in [1.54, 1.807) is 41.3 Å². The third-order valence-electron chi connectivity index (χ3n) is 6.54. The average Bonchev–Trinajstić information content (AvgIpc) is 3.09. The monoisotopic (exact) mass is 447 g/mol. The van der Waals surface area contributed by atoms with E-state index in [4.69, 9.17) is 0 Å². The van der Waals surface area contributed by atoms with Crippen molar-refractivity contribution in [1.82, 2.24) is 9.80 Å². The van der Waals surface area contributed by atoms with Gasteiger partial charge in [-0.05, 0) is 63.1 Å². The number of carbonyl (C=O) groups is 4. The fourth-order valence-electron chi connectivity index (χ4n) is 4.70. The second-order valence-electron chi connectivity index (χ2n) is 8.54. The number of imide groups is 1. The summed E-state index contributed by atoms with van der Waals surface area (Å²) in [6.07, 6.45) is 4.83. The van der Waals surface area contributed by atoms with Crippen molar-refractivity contribution in [2.75, 3.05) is 18.4 Å². The Bertz CT molecular complexity index is 1100. The highest BCUT2D eigenvalue weighted by molar-refractivity contribution is 6.22. The molecular weight excluding hydrogens is 418 g/mol. The summed E-state index contributed by atoms with van der Waals surface area (Å²) in [5, 5.41) is 2.80. The molecule has 2 aromatic rings. The molecule has 2 aromatic carbocycles. The largest absolute Gasteiger partial charge is 0.339 e. The molecule has 0 aromatic heterocycles. The maximum absolute atomic E-state index is 13.0. The van der Waals surface area contributed by atoms with Crippen LogP contribution in [0.15, 0.2) is 42.5 Å². The SMILES string of the molecule is CCN(CC)C(=O)c1cccc(NC(=O)c2ccc3c(c2)C(=O)N(C2CCCCC2)C3=O)c1. The van der Waals surface area contributed by atoms with Crippen molar-refractivity contribution >= 4 is 29.3 Å². The van der Waals surface area contributed by atoms with E-state index < -0.39 is 5.91 Å². The van der Waals surface area contributed by atoms with Crippen LogP contribution in [-0.2, 0) is 0 Å². The summed E-state index contributed by atoms with van der Waals surface area (Å²) in [7, 11) is 0. The van der Waals surface area contributed by atoms with Gasteiger partial charge in [-0.1, -0.05) is 25.3 Å². The van der Waals surface area contributed by atoms with Gasteiger partial charge in [0.15, 0.2) is 0 Å². The number of anilines is 1. The fraction of sp³-hybridized carbons (Fsp3) is 0.385. The van der Waals surface area contributed by atoms with Crippen molar-refractivity contribution in [3.8, 4) is 0 Å². The third kappa shape index (κ3) is 4.40. The number of nitrogens with zero attached hydrogens (tertiary/aromatic N) is 2. The maximum atomic E-state index is 13.0. The molecule has 172 valence electrons. The number of hydrogen-bond donors (Lipinski definition) is 1. The third-order valence-corrected chi connectivity index (χ3v) is 6.54. The van der Waals surface area contributed by atoms with Crippen LogP contribution < -0.4 is 5.32 Å². The normalized spacial score (nSPS) is 16.0. The van der Waals surface area contributed by atoms with E-state index in [0.29, 0.717) is 35.5 Å². The first-order valence-corrected chi connectivity index (χ1v) is 11.7. The van der Waals surface area contributed by atoms with Gasteiger partial charge in [0, 0.05) is 35.9 Å². The van der Waals surface area contributed by atoms with E-state index in [0.717, 1.165) is 32.1 Å². The van der Waals surface area contributed by atoms with Crippen molar-refractivity contribution in [1.29, 1.82) is 0 Å². The fourth-order valence-corrected chi connectivity index (χ4v) is 4.70. The number of amides is 4. The van der Waals surface area contributed by atoms with Crippen LogP contribution in [0.25, 0.3) is 0 Å². The molecule has 1 fully saturated rings. The van der Waals surface area contributed by atoms with Crippen molar-refractivity contribution in [2.45, 2.75) is 52.0 Å². The summed E-state index contributed by atoms with van der Waals surface area (Å²) in [6.45, 7) is 5.04. The highest BCUT2D eigenvalue weighted by Gasteiger charge is 2.40. The highest BCUT2D eigenvalue weighted by atomic mass is 16.2. The van der Waals surface area contributed by atoms with Gasteiger partial charge in [-0.2, -0.15) is 0 Å². The standard InChI is InChI=1S/C26H29N3O4/c1-3-28(4-2)24(31)18-9-8-10-19(15-18)27-23(30)17-13-14-21-22(16-17)26(33)29(25(21)32)20-11-6-5-7-12-20/h8-10,13-16,20H,3-7,11-12H2,1-2H3,(H,27,30). The summed E-state index contributed by atoms with van der Waals surface area (Å²) >= 11 is 0. The number of hydrogen-bond acceptors (Lipinski definition) is 4. The molecule has 4 rings (SSSR count). The Morgan fingerprint density at radius 3 is 2.30 bits per heavy atom. The van der Waals surface area contributed by atoms with Crippen molar-refractivity contribution in [3.63, 3.8) is 0 Å². The first kappa shape index (κ1) is 22.7. The summed E-state index contributed by atoms with van der Waals surface area (Å²) < 4.78 is 0. The lowest BCUT2D eigenvalue weighted by Crippen LogP contribution is -2.40. The summed E-state index contributed by atoms with van der Waals surface area (Å²) in [5.41, 5.74) is 1.91. The molecule has 1 heterocycles. The number of rotatable bonds is 6. The van der Waals surface area contributed by atoms with E-state index in [1.807, 2.05) is 13.8 Å². The Balaban J connectivity index is 1.52. The Kier molecular flexibility index (Phi) is 6.58. The van der Waals surface area contributed by atoms with Gasteiger partial charge in [0.1, 0.15) is 0 Å². The quantitative estimate of drug-likeness (QED) is 0.667. The van der Waals surface area contributed by atoms with Gasteiger partial charge in [-0.25, -0.2) is 0 Å². The van der Waals surface area contributed by atoms with Gasteiger partial charge in [0.2, 0.25) is 0 Å². The molecule has 7 heteroatoms. The first-order valence-electron chi connectivity index (χ1n) is 11.7. The molecular formula is C26H29N3O4. The molecule has 0 spiro atoms. The van der Waals surface area contributed by atoms with Crippen LogP contribution in [0, 0.1) is 0 Å². The Hall–Kier alpha value is -3.48. The lowest BCUT2D eigenvalue weighted by molar-refractivity contribution is 0.0548. The Morgan fingerprint density at radius 2 is 1.61 bits per heavy atom. The summed E-state index contributed by atoms with van der Waals surface area (Å²) in [6, 6.07) is 11.4. The number of nitrogens with one attached hydrogen (secondary N) is 1. The molecule has 33 heavy (non-hydrogen) atoms. The molecule has 4 amide bonds. The van der Waals surface area contributed by atoms with E-state index in [2.05, 4.69) is 5.32 Å². The molecule has 7 nitrogen and oxygen atoms in total. The van der Waals surface area contributed by atoms with Crippen LogP contribution in [0.4, 0.5) is 5.69 Å². The highest BCUT2D eigenvalue weighted by Crippen LogP contribution is 2.31. The number of carbonyl (C=O) groups excluding carboxylic acids is 4. The molecule has 1 aliphatic carbocycles. The molecule has 2 aliphatic rings. The van der Waals surface area contributed by atoms with Gasteiger partial charge in [0.05, 0.1) is 11.1 Å². The van der Waals surface area contributed by atoms with E-state index >= 15 is 0 Å². The molecule has 0 atom stereocenters. The number of benzene rings is 2. The lowest BCUT2D eigenvalue weighted by atomic mass is 9.94. The Labute approximate surface area is 193 Å². The molecule has 0 unspecified atom stereocenters. The minimum Gasteiger partial charge on any atom is -0.339 e. The second kappa shape index (κ2) is 9.57. The zero-order valence-corrected chi connectivity index (χ0v) is 19.1. The van der Waals surface area contributed by atoms with E-state index in [-0.39, 0.29) is 29.3 Å². The molecule has 1 N–H and O–H groups in total. The molecule has 0 radical (unpaired) electrons. The Morgan fingerprint density at radius 1 is 0.909 bits per heavy atom. The second-order valence-corrected chi connectivity index (χ2v) is 8.54. The van der Waals surface area contributed by atoms with Crippen LogP contribution in [0.1, 0.15) is 87.4 Å². The molecule has 1 saturated carbocycles. The predicted octanol–water partition coefficient (Wildman–Crippen LogP) is 4.35. The first-order chi connectivity index (χ1) is 15.9. The molecule has 0 bridgehead atoms. The van der Waals surface area contributed by atoms with E-state index in [9.17, 15) is 19.2 Å².